The van der Waals surface area contributed by atoms with Crippen LogP contribution in [0.25, 0.3) is 10.9 Å². The predicted molar refractivity (Wildman–Crippen MR) is 84.5 cm³/mol. The molecule has 0 aliphatic rings. The molecule has 0 radical (unpaired) electrons. The van der Waals surface area contributed by atoms with Crippen LogP contribution < -0.4 is 0 Å². The van der Waals surface area contributed by atoms with Crippen molar-refractivity contribution >= 4 is 22.7 Å². The van der Waals surface area contributed by atoms with E-state index in [-0.39, 0.29) is 0 Å². The summed E-state index contributed by atoms with van der Waals surface area (Å²) in [7, 11) is 0. The first kappa shape index (κ1) is 12.4. The van der Waals surface area contributed by atoms with Crippen LogP contribution in [0.1, 0.15) is 23.3 Å². The highest BCUT2D eigenvalue weighted by atomic mass is 32.2. The normalized spacial score (nSPS) is 12.7. The van der Waals surface area contributed by atoms with E-state index in [1.165, 1.54) is 22.0 Å². The molecule has 1 heterocycles. The van der Waals surface area contributed by atoms with Crippen molar-refractivity contribution in [1.29, 1.82) is 0 Å². The van der Waals surface area contributed by atoms with E-state index in [0.717, 1.165) is 5.75 Å². The van der Waals surface area contributed by atoms with Gasteiger partial charge in [0.1, 0.15) is 0 Å². The molecule has 2 aromatic carbocycles. The summed E-state index contributed by atoms with van der Waals surface area (Å²) >= 11 is 1.98. The van der Waals surface area contributed by atoms with Crippen LogP contribution in [0, 0.1) is 0 Å². The van der Waals surface area contributed by atoms with Crippen LogP contribution in [-0.2, 0) is 5.75 Å². The molecule has 0 saturated carbocycles. The van der Waals surface area contributed by atoms with Gasteiger partial charge in [0, 0.05) is 28.1 Å². The fraction of sp³-hybridized carbons (Fsp3) is 0.176. The lowest BCUT2D eigenvalue weighted by atomic mass is 10.1. The summed E-state index contributed by atoms with van der Waals surface area (Å²) in [6, 6.07) is 19.2. The van der Waals surface area contributed by atoms with E-state index in [9.17, 15) is 0 Å². The number of hydrogen-bond acceptors (Lipinski definition) is 1. The summed E-state index contributed by atoms with van der Waals surface area (Å²) in [4.78, 5) is 3.35. The van der Waals surface area contributed by atoms with Crippen molar-refractivity contribution in [3.63, 3.8) is 0 Å². The summed E-state index contributed by atoms with van der Waals surface area (Å²) < 4.78 is 0. The van der Waals surface area contributed by atoms with Crippen LogP contribution >= 0.6 is 11.8 Å². The molecule has 96 valence electrons. The van der Waals surface area contributed by atoms with Crippen LogP contribution in [0.5, 0.6) is 0 Å². The zero-order valence-corrected chi connectivity index (χ0v) is 11.8. The van der Waals surface area contributed by atoms with Crippen molar-refractivity contribution in [2.75, 3.05) is 0 Å². The van der Waals surface area contributed by atoms with E-state index in [4.69, 9.17) is 0 Å². The third-order valence-electron chi connectivity index (χ3n) is 3.40. The molecular formula is C17H17NS. The van der Waals surface area contributed by atoms with Crippen LogP contribution in [-0.4, -0.2) is 4.98 Å². The maximum atomic E-state index is 3.35. The first-order valence-electron chi connectivity index (χ1n) is 6.56. The highest BCUT2D eigenvalue weighted by molar-refractivity contribution is 7.98. The number of benzene rings is 2. The van der Waals surface area contributed by atoms with Gasteiger partial charge in [-0.15, -0.1) is 11.8 Å². The third-order valence-corrected chi connectivity index (χ3v) is 4.66. The largest absolute Gasteiger partial charge is 0.361 e. The fourth-order valence-corrected chi connectivity index (χ4v) is 3.33. The predicted octanol–water partition coefficient (Wildman–Crippen LogP) is 5.16. The lowest BCUT2D eigenvalue weighted by molar-refractivity contribution is 1.11. The molecule has 0 amide bonds. The van der Waals surface area contributed by atoms with Gasteiger partial charge in [-0.1, -0.05) is 48.5 Å². The topological polar surface area (TPSA) is 15.8 Å². The summed E-state index contributed by atoms with van der Waals surface area (Å²) in [5.41, 5.74) is 4.01. The minimum absolute atomic E-state index is 0.497. The lowest BCUT2D eigenvalue weighted by Crippen LogP contribution is -1.88. The van der Waals surface area contributed by atoms with Crippen molar-refractivity contribution < 1.29 is 0 Å². The molecule has 19 heavy (non-hydrogen) atoms. The molecule has 2 heteroatoms. The van der Waals surface area contributed by atoms with E-state index in [2.05, 4.69) is 72.7 Å². The molecular weight excluding hydrogens is 250 g/mol. The van der Waals surface area contributed by atoms with Gasteiger partial charge in [-0.3, -0.25) is 0 Å². The second kappa shape index (κ2) is 5.54. The molecule has 3 aromatic rings. The van der Waals surface area contributed by atoms with Gasteiger partial charge < -0.3 is 4.98 Å². The van der Waals surface area contributed by atoms with E-state index in [1.54, 1.807) is 0 Å². The number of hydrogen-bond donors (Lipinski definition) is 1. The van der Waals surface area contributed by atoms with Gasteiger partial charge in [0.2, 0.25) is 0 Å². The van der Waals surface area contributed by atoms with Gasteiger partial charge in [0.05, 0.1) is 0 Å². The minimum atomic E-state index is 0.497. The molecule has 0 spiro atoms. The Kier molecular flexibility index (Phi) is 3.60. The Hall–Kier alpha value is -1.67. The number of rotatable bonds is 4. The Morgan fingerprint density at radius 1 is 1.00 bits per heavy atom. The maximum Gasteiger partial charge on any atom is 0.0457 e. The number of aromatic nitrogens is 1. The van der Waals surface area contributed by atoms with Crippen molar-refractivity contribution in [2.24, 2.45) is 0 Å². The molecule has 1 unspecified atom stereocenters. The van der Waals surface area contributed by atoms with Crippen LogP contribution in [0.15, 0.2) is 60.8 Å². The zero-order chi connectivity index (χ0) is 13.1. The Morgan fingerprint density at radius 2 is 1.74 bits per heavy atom. The second-order valence-corrected chi connectivity index (χ2v) is 6.06. The minimum Gasteiger partial charge on any atom is -0.361 e. The van der Waals surface area contributed by atoms with Gasteiger partial charge >= 0.3 is 0 Å². The van der Waals surface area contributed by atoms with Crippen molar-refractivity contribution in [1.82, 2.24) is 4.98 Å². The summed E-state index contributed by atoms with van der Waals surface area (Å²) in [6.07, 6.45) is 2.15. The van der Waals surface area contributed by atoms with Crippen molar-refractivity contribution in [2.45, 2.75) is 17.9 Å². The monoisotopic (exact) mass is 267 g/mol. The van der Waals surface area contributed by atoms with Gasteiger partial charge in [-0.2, -0.15) is 0 Å². The molecule has 1 aromatic heterocycles. The first-order valence-corrected chi connectivity index (χ1v) is 7.61. The highest BCUT2D eigenvalue weighted by Crippen LogP contribution is 2.35. The molecule has 0 aliphatic heterocycles. The second-order valence-electron chi connectivity index (χ2n) is 4.73. The lowest BCUT2D eigenvalue weighted by Gasteiger charge is -2.10. The Bertz CT molecular complexity index is 657. The van der Waals surface area contributed by atoms with E-state index in [1.807, 2.05) is 11.8 Å². The number of aromatic amines is 1. The molecule has 0 fully saturated rings. The standard InChI is InChI=1S/C17H17NS/c1-13(19-12-14-7-3-2-4-8-14)16-11-18-17-10-6-5-9-15(16)17/h2-11,13,18H,12H2,1H3. The van der Waals surface area contributed by atoms with Gasteiger partial charge in [0.15, 0.2) is 0 Å². The van der Waals surface area contributed by atoms with E-state index in [0.29, 0.717) is 5.25 Å². The summed E-state index contributed by atoms with van der Waals surface area (Å²) in [6.45, 7) is 2.28. The number of para-hydroxylation sites is 1. The first-order chi connectivity index (χ1) is 9.34. The summed E-state index contributed by atoms with van der Waals surface area (Å²) in [5.74, 6) is 1.06. The molecule has 1 atom stereocenters. The molecule has 1 nitrogen and oxygen atoms in total. The van der Waals surface area contributed by atoms with Gasteiger partial charge in [0.25, 0.3) is 0 Å². The van der Waals surface area contributed by atoms with Crippen LogP contribution in [0.3, 0.4) is 0 Å². The highest BCUT2D eigenvalue weighted by Gasteiger charge is 2.11. The smallest absolute Gasteiger partial charge is 0.0457 e. The average molecular weight is 267 g/mol. The number of H-pyrrole nitrogens is 1. The van der Waals surface area contributed by atoms with E-state index < -0.39 is 0 Å². The molecule has 0 bridgehead atoms. The van der Waals surface area contributed by atoms with Gasteiger partial charge in [-0.25, -0.2) is 0 Å². The Balaban J connectivity index is 1.75. The van der Waals surface area contributed by atoms with Gasteiger partial charge in [-0.05, 0) is 24.1 Å². The van der Waals surface area contributed by atoms with Crippen LogP contribution in [0.4, 0.5) is 0 Å². The molecule has 0 aliphatic carbocycles. The number of thioether (sulfide) groups is 1. The fourth-order valence-electron chi connectivity index (χ4n) is 2.32. The maximum absolute atomic E-state index is 3.35. The molecule has 3 rings (SSSR count). The zero-order valence-electron chi connectivity index (χ0n) is 11.0. The molecule has 1 N–H and O–H groups in total. The van der Waals surface area contributed by atoms with Crippen molar-refractivity contribution in [3.05, 3.63) is 71.9 Å². The molecule has 0 saturated heterocycles. The van der Waals surface area contributed by atoms with E-state index >= 15 is 0 Å². The Labute approximate surface area is 118 Å². The SMILES string of the molecule is CC(SCc1ccccc1)c1c[nH]c2ccccc12. The number of fused-ring (bicyclic) bond motifs is 1. The Morgan fingerprint density at radius 3 is 2.58 bits per heavy atom. The number of nitrogens with one attached hydrogen (secondary N) is 1. The van der Waals surface area contributed by atoms with Crippen LogP contribution in [0.2, 0.25) is 0 Å². The average Bonchev–Trinajstić information content (AvgIpc) is 2.90. The quantitative estimate of drug-likeness (QED) is 0.690. The summed E-state index contributed by atoms with van der Waals surface area (Å²) in [5, 5.41) is 1.84. The third kappa shape index (κ3) is 2.69. The van der Waals surface area contributed by atoms with Crippen molar-refractivity contribution in [3.8, 4) is 0 Å².